The van der Waals surface area contributed by atoms with E-state index in [2.05, 4.69) is 5.32 Å². The van der Waals surface area contributed by atoms with Gasteiger partial charge in [0.25, 0.3) is 0 Å². The van der Waals surface area contributed by atoms with Crippen LogP contribution in [0.5, 0.6) is 0 Å². The molecule has 0 aliphatic heterocycles. The zero-order chi connectivity index (χ0) is 14.5. The van der Waals surface area contributed by atoms with Crippen LogP contribution in [0.25, 0.3) is 0 Å². The second-order valence-corrected chi connectivity index (χ2v) is 5.90. The zero-order valence-electron chi connectivity index (χ0n) is 12.1. The van der Waals surface area contributed by atoms with Crippen molar-refractivity contribution in [2.45, 2.75) is 39.5 Å². The van der Waals surface area contributed by atoms with Crippen molar-refractivity contribution in [3.8, 4) is 0 Å². The Kier molecular flexibility index (Phi) is 5.79. The monoisotopic (exact) mass is 271 g/mol. The van der Waals surface area contributed by atoms with E-state index in [9.17, 15) is 9.59 Å². The summed E-state index contributed by atoms with van der Waals surface area (Å²) in [7, 11) is 1.62. The highest BCUT2D eigenvalue weighted by molar-refractivity contribution is 5.85. The quantitative estimate of drug-likeness (QED) is 0.669. The molecular formula is C14H25NO4. The van der Waals surface area contributed by atoms with Gasteiger partial charge in [0, 0.05) is 20.3 Å². The van der Waals surface area contributed by atoms with Crippen molar-refractivity contribution in [2.75, 3.05) is 20.3 Å². The van der Waals surface area contributed by atoms with Crippen molar-refractivity contribution in [1.82, 2.24) is 5.32 Å². The van der Waals surface area contributed by atoms with Crippen LogP contribution in [0, 0.1) is 17.3 Å². The van der Waals surface area contributed by atoms with Crippen LogP contribution in [0.3, 0.4) is 0 Å². The molecule has 1 saturated carbocycles. The van der Waals surface area contributed by atoms with Gasteiger partial charge in [-0.25, -0.2) is 0 Å². The topological polar surface area (TPSA) is 75.6 Å². The Morgan fingerprint density at radius 3 is 2.42 bits per heavy atom. The van der Waals surface area contributed by atoms with Crippen LogP contribution in [0.1, 0.15) is 39.5 Å². The highest BCUT2D eigenvalue weighted by Gasteiger charge is 2.49. The summed E-state index contributed by atoms with van der Waals surface area (Å²) < 4.78 is 5.01. The molecule has 0 radical (unpaired) electrons. The van der Waals surface area contributed by atoms with Crippen molar-refractivity contribution in [3.05, 3.63) is 0 Å². The van der Waals surface area contributed by atoms with E-state index in [1.165, 1.54) is 0 Å². The van der Waals surface area contributed by atoms with Gasteiger partial charge < -0.3 is 15.2 Å². The first-order valence-corrected chi connectivity index (χ1v) is 6.91. The predicted octanol–water partition coefficient (Wildman–Crippen LogP) is 1.67. The number of carbonyl (C=O) groups excluding carboxylic acids is 1. The van der Waals surface area contributed by atoms with E-state index in [0.717, 1.165) is 19.3 Å². The summed E-state index contributed by atoms with van der Waals surface area (Å²) in [4.78, 5) is 23.2. The van der Waals surface area contributed by atoms with Crippen LogP contribution in [0.15, 0.2) is 0 Å². The fraction of sp³-hybridized carbons (Fsp3) is 0.857. The molecule has 1 aliphatic carbocycles. The number of rotatable bonds is 9. The molecule has 0 heterocycles. The van der Waals surface area contributed by atoms with Gasteiger partial charge in [-0.3, -0.25) is 9.59 Å². The minimum Gasteiger partial charge on any atom is -0.481 e. The fourth-order valence-electron chi connectivity index (χ4n) is 2.28. The smallest absolute Gasteiger partial charge is 0.308 e. The summed E-state index contributed by atoms with van der Waals surface area (Å²) in [5.74, 6) is -1.04. The van der Waals surface area contributed by atoms with Gasteiger partial charge in [0.2, 0.25) is 5.91 Å². The van der Waals surface area contributed by atoms with Crippen molar-refractivity contribution in [2.24, 2.45) is 17.3 Å². The molecule has 1 aliphatic rings. The number of amides is 1. The highest BCUT2D eigenvalue weighted by Crippen LogP contribution is 2.48. The van der Waals surface area contributed by atoms with Crippen LogP contribution in [-0.4, -0.2) is 37.2 Å². The number of hydrogen-bond donors (Lipinski definition) is 2. The maximum Gasteiger partial charge on any atom is 0.308 e. The molecule has 0 aromatic carbocycles. The number of ether oxygens (including phenoxy) is 1. The molecule has 110 valence electrons. The second-order valence-electron chi connectivity index (χ2n) is 5.90. The molecule has 5 nitrogen and oxygen atoms in total. The summed E-state index contributed by atoms with van der Waals surface area (Å²) >= 11 is 0. The Balaban J connectivity index is 2.41. The van der Waals surface area contributed by atoms with Crippen molar-refractivity contribution >= 4 is 11.9 Å². The van der Waals surface area contributed by atoms with Gasteiger partial charge in [0.05, 0.1) is 11.3 Å². The van der Waals surface area contributed by atoms with E-state index >= 15 is 0 Å². The number of aliphatic carboxylic acids is 1. The van der Waals surface area contributed by atoms with Crippen LogP contribution < -0.4 is 5.32 Å². The predicted molar refractivity (Wildman–Crippen MR) is 71.8 cm³/mol. The lowest BCUT2D eigenvalue weighted by Crippen LogP contribution is -2.38. The Morgan fingerprint density at radius 2 is 2.00 bits per heavy atom. The molecule has 0 saturated heterocycles. The van der Waals surface area contributed by atoms with E-state index in [1.807, 2.05) is 13.8 Å². The Morgan fingerprint density at radius 1 is 1.37 bits per heavy atom. The maximum atomic E-state index is 12.1. The number of hydrogen-bond acceptors (Lipinski definition) is 3. The average molecular weight is 271 g/mol. The lowest BCUT2D eigenvalue weighted by atomic mass is 9.96. The maximum absolute atomic E-state index is 12.1. The highest BCUT2D eigenvalue weighted by atomic mass is 16.5. The number of nitrogens with one attached hydrogen (secondary N) is 1. The minimum absolute atomic E-state index is 0.0143. The molecule has 0 bridgehead atoms. The summed E-state index contributed by atoms with van der Waals surface area (Å²) in [6, 6.07) is 0. The lowest BCUT2D eigenvalue weighted by molar-refractivity contribution is -0.142. The lowest BCUT2D eigenvalue weighted by Gasteiger charge is -2.19. The second kappa shape index (κ2) is 6.89. The SMILES string of the molecule is COCCC1(C(=O)NCC(CC(C)C)C(=O)O)CC1. The van der Waals surface area contributed by atoms with Crippen molar-refractivity contribution in [3.63, 3.8) is 0 Å². The first-order valence-electron chi connectivity index (χ1n) is 6.91. The van der Waals surface area contributed by atoms with Crippen LogP contribution in [0.4, 0.5) is 0 Å². The van der Waals surface area contributed by atoms with E-state index in [1.54, 1.807) is 7.11 Å². The third-order valence-electron chi connectivity index (χ3n) is 3.73. The van der Waals surface area contributed by atoms with Gasteiger partial charge in [-0.05, 0) is 31.6 Å². The van der Waals surface area contributed by atoms with Gasteiger partial charge >= 0.3 is 5.97 Å². The Hall–Kier alpha value is -1.10. The van der Waals surface area contributed by atoms with Gasteiger partial charge in [-0.15, -0.1) is 0 Å². The molecule has 0 spiro atoms. The minimum atomic E-state index is -0.837. The third kappa shape index (κ3) is 4.82. The molecule has 0 aromatic heterocycles. The van der Waals surface area contributed by atoms with E-state index in [-0.39, 0.29) is 17.9 Å². The van der Waals surface area contributed by atoms with Crippen molar-refractivity contribution in [1.29, 1.82) is 0 Å². The van der Waals surface area contributed by atoms with Crippen LogP contribution in [0.2, 0.25) is 0 Å². The number of methoxy groups -OCH3 is 1. The molecule has 1 amide bonds. The molecule has 1 rings (SSSR count). The fourth-order valence-corrected chi connectivity index (χ4v) is 2.28. The first-order chi connectivity index (χ1) is 8.91. The summed E-state index contributed by atoms with van der Waals surface area (Å²) in [5.41, 5.74) is -0.295. The molecule has 1 unspecified atom stereocenters. The normalized spacial score (nSPS) is 18.1. The largest absolute Gasteiger partial charge is 0.481 e. The molecule has 1 atom stereocenters. The van der Waals surface area contributed by atoms with Gasteiger partial charge in [-0.2, -0.15) is 0 Å². The summed E-state index contributed by atoms with van der Waals surface area (Å²) in [5, 5.41) is 11.9. The van der Waals surface area contributed by atoms with E-state index in [4.69, 9.17) is 9.84 Å². The molecule has 19 heavy (non-hydrogen) atoms. The van der Waals surface area contributed by atoms with E-state index < -0.39 is 11.9 Å². The average Bonchev–Trinajstić information content (AvgIpc) is 3.12. The number of carboxylic acids is 1. The van der Waals surface area contributed by atoms with Crippen molar-refractivity contribution < 1.29 is 19.4 Å². The molecule has 2 N–H and O–H groups in total. The standard InChI is InChI=1S/C14H25NO4/c1-10(2)8-11(12(16)17)9-15-13(18)14(4-5-14)6-7-19-3/h10-11H,4-9H2,1-3H3,(H,15,18)(H,16,17). The first kappa shape index (κ1) is 16.0. The third-order valence-corrected chi connectivity index (χ3v) is 3.73. The van der Waals surface area contributed by atoms with Gasteiger partial charge in [0.1, 0.15) is 0 Å². The van der Waals surface area contributed by atoms with Gasteiger partial charge in [-0.1, -0.05) is 13.8 Å². The molecule has 5 heteroatoms. The summed E-state index contributed by atoms with van der Waals surface area (Å²) in [6.07, 6.45) is 3.06. The summed E-state index contributed by atoms with van der Waals surface area (Å²) in [6.45, 7) is 4.76. The van der Waals surface area contributed by atoms with Crippen LogP contribution in [-0.2, 0) is 14.3 Å². The van der Waals surface area contributed by atoms with E-state index in [0.29, 0.717) is 18.9 Å². The zero-order valence-corrected chi connectivity index (χ0v) is 12.1. The Bertz CT molecular complexity index is 323. The molecule has 0 aromatic rings. The number of carboxylic acid groups (broad SMARTS) is 1. The van der Waals surface area contributed by atoms with Gasteiger partial charge in [0.15, 0.2) is 0 Å². The molecular weight excluding hydrogens is 246 g/mol. The Labute approximate surface area is 114 Å². The number of carbonyl (C=O) groups is 2. The van der Waals surface area contributed by atoms with Crippen LogP contribution >= 0.6 is 0 Å². The molecule has 1 fully saturated rings.